The highest BCUT2D eigenvalue weighted by atomic mass is 35.5. The SMILES string of the molecule is CCCN(CCO)C(=O)Nc1ccc(F)c(Cl)c1. The number of anilines is 1. The molecular weight excluding hydrogens is 259 g/mol. The first-order chi connectivity index (χ1) is 8.58. The number of carbonyl (C=O) groups is 1. The average molecular weight is 275 g/mol. The lowest BCUT2D eigenvalue weighted by molar-refractivity contribution is 0.188. The average Bonchev–Trinajstić information content (AvgIpc) is 2.33. The highest BCUT2D eigenvalue weighted by Crippen LogP contribution is 2.19. The van der Waals surface area contributed by atoms with Gasteiger partial charge in [-0.15, -0.1) is 0 Å². The van der Waals surface area contributed by atoms with Crippen LogP contribution in [-0.2, 0) is 0 Å². The zero-order valence-electron chi connectivity index (χ0n) is 10.1. The Bertz CT molecular complexity index is 409. The van der Waals surface area contributed by atoms with Gasteiger partial charge in [-0.05, 0) is 24.6 Å². The first-order valence-electron chi connectivity index (χ1n) is 5.70. The van der Waals surface area contributed by atoms with Crippen LogP contribution in [0.15, 0.2) is 18.2 Å². The van der Waals surface area contributed by atoms with Gasteiger partial charge in [0.2, 0.25) is 0 Å². The van der Waals surface area contributed by atoms with E-state index in [1.807, 2.05) is 6.92 Å². The number of hydrogen-bond donors (Lipinski definition) is 2. The van der Waals surface area contributed by atoms with Gasteiger partial charge in [0.05, 0.1) is 11.6 Å². The molecule has 0 unspecified atom stereocenters. The molecule has 1 aromatic rings. The number of benzene rings is 1. The third-order valence-corrected chi connectivity index (χ3v) is 2.61. The van der Waals surface area contributed by atoms with Crippen molar-refractivity contribution in [1.82, 2.24) is 4.90 Å². The summed E-state index contributed by atoms with van der Waals surface area (Å²) in [6.07, 6.45) is 0.789. The molecule has 0 saturated carbocycles. The molecule has 0 aromatic heterocycles. The molecule has 2 amide bonds. The lowest BCUT2D eigenvalue weighted by Crippen LogP contribution is -2.37. The largest absolute Gasteiger partial charge is 0.395 e. The number of carbonyl (C=O) groups excluding carboxylic acids is 1. The molecule has 0 saturated heterocycles. The fourth-order valence-corrected chi connectivity index (χ4v) is 1.66. The summed E-state index contributed by atoms with van der Waals surface area (Å²) >= 11 is 5.62. The van der Waals surface area contributed by atoms with E-state index in [0.717, 1.165) is 6.42 Å². The van der Waals surface area contributed by atoms with Crippen molar-refractivity contribution in [2.75, 3.05) is 25.0 Å². The second-order valence-electron chi connectivity index (χ2n) is 3.77. The molecule has 0 radical (unpaired) electrons. The van der Waals surface area contributed by atoms with Crippen molar-refractivity contribution in [3.05, 3.63) is 29.0 Å². The van der Waals surface area contributed by atoms with Gasteiger partial charge in [-0.1, -0.05) is 18.5 Å². The Morgan fingerprint density at radius 3 is 2.78 bits per heavy atom. The minimum atomic E-state index is -0.532. The molecule has 2 N–H and O–H groups in total. The Morgan fingerprint density at radius 2 is 2.22 bits per heavy atom. The molecule has 0 aliphatic heterocycles. The number of rotatable bonds is 5. The number of nitrogens with zero attached hydrogens (tertiary/aromatic N) is 1. The van der Waals surface area contributed by atoms with E-state index in [1.165, 1.54) is 23.1 Å². The molecule has 100 valence electrons. The van der Waals surface area contributed by atoms with Gasteiger partial charge in [0.1, 0.15) is 5.82 Å². The van der Waals surface area contributed by atoms with Crippen LogP contribution in [0.4, 0.5) is 14.9 Å². The van der Waals surface area contributed by atoms with Crippen molar-refractivity contribution in [3.8, 4) is 0 Å². The molecule has 0 fully saturated rings. The maximum atomic E-state index is 12.9. The quantitative estimate of drug-likeness (QED) is 0.867. The summed E-state index contributed by atoms with van der Waals surface area (Å²) < 4.78 is 12.9. The molecule has 0 heterocycles. The topological polar surface area (TPSA) is 52.6 Å². The fourth-order valence-electron chi connectivity index (χ4n) is 1.48. The summed E-state index contributed by atoms with van der Waals surface area (Å²) in [5.74, 6) is -0.532. The third-order valence-electron chi connectivity index (χ3n) is 2.32. The highest BCUT2D eigenvalue weighted by molar-refractivity contribution is 6.31. The molecule has 1 aromatic carbocycles. The fraction of sp³-hybridized carbons (Fsp3) is 0.417. The summed E-state index contributed by atoms with van der Waals surface area (Å²) in [7, 11) is 0. The zero-order valence-corrected chi connectivity index (χ0v) is 10.9. The van der Waals surface area contributed by atoms with E-state index in [9.17, 15) is 9.18 Å². The second kappa shape index (κ2) is 7.18. The number of aliphatic hydroxyl groups is 1. The predicted molar refractivity (Wildman–Crippen MR) is 69.4 cm³/mol. The van der Waals surface area contributed by atoms with E-state index in [2.05, 4.69) is 5.32 Å². The van der Waals surface area contributed by atoms with Crippen molar-refractivity contribution in [2.24, 2.45) is 0 Å². The summed E-state index contributed by atoms with van der Waals surface area (Å²) in [5.41, 5.74) is 0.422. The lowest BCUT2D eigenvalue weighted by Gasteiger charge is -2.21. The van der Waals surface area contributed by atoms with Crippen LogP contribution in [0.1, 0.15) is 13.3 Å². The minimum absolute atomic E-state index is 0.0444. The number of halogens is 2. The van der Waals surface area contributed by atoms with Crippen LogP contribution in [-0.4, -0.2) is 35.7 Å². The van der Waals surface area contributed by atoms with Gasteiger partial charge in [0.25, 0.3) is 0 Å². The second-order valence-corrected chi connectivity index (χ2v) is 4.18. The third kappa shape index (κ3) is 4.16. The summed E-state index contributed by atoms with van der Waals surface area (Å²) in [5, 5.41) is 11.4. The van der Waals surface area contributed by atoms with Gasteiger partial charge in [-0.2, -0.15) is 0 Å². The standard InChI is InChI=1S/C12H16ClFN2O2/c1-2-5-16(6-7-17)12(18)15-9-3-4-11(14)10(13)8-9/h3-4,8,17H,2,5-7H2,1H3,(H,15,18). The Balaban J connectivity index is 2.69. The smallest absolute Gasteiger partial charge is 0.321 e. The van der Waals surface area contributed by atoms with Crippen LogP contribution in [0, 0.1) is 5.82 Å². The zero-order chi connectivity index (χ0) is 13.5. The summed E-state index contributed by atoms with van der Waals surface area (Å²) in [4.78, 5) is 13.3. The molecule has 0 atom stereocenters. The van der Waals surface area contributed by atoms with Gasteiger partial charge >= 0.3 is 6.03 Å². The number of urea groups is 1. The van der Waals surface area contributed by atoms with Crippen LogP contribution >= 0.6 is 11.6 Å². The van der Waals surface area contributed by atoms with Gasteiger partial charge in [0, 0.05) is 18.8 Å². The summed E-state index contributed by atoms with van der Waals surface area (Å²) in [6, 6.07) is 3.63. The van der Waals surface area contributed by atoms with E-state index >= 15 is 0 Å². The number of hydrogen-bond acceptors (Lipinski definition) is 2. The molecule has 0 spiro atoms. The first-order valence-corrected chi connectivity index (χ1v) is 6.08. The molecule has 0 bridgehead atoms. The van der Waals surface area contributed by atoms with E-state index in [1.54, 1.807) is 0 Å². The normalized spacial score (nSPS) is 10.2. The predicted octanol–water partition coefficient (Wildman–Crippen LogP) is 2.72. The number of amides is 2. The Morgan fingerprint density at radius 1 is 1.50 bits per heavy atom. The van der Waals surface area contributed by atoms with Crippen molar-refractivity contribution in [2.45, 2.75) is 13.3 Å². The number of aliphatic hydroxyl groups excluding tert-OH is 1. The van der Waals surface area contributed by atoms with E-state index in [4.69, 9.17) is 16.7 Å². The minimum Gasteiger partial charge on any atom is -0.395 e. The van der Waals surface area contributed by atoms with Gasteiger partial charge < -0.3 is 15.3 Å². The Hall–Kier alpha value is -1.33. The van der Waals surface area contributed by atoms with Gasteiger partial charge in [-0.3, -0.25) is 0 Å². The molecule has 4 nitrogen and oxygen atoms in total. The van der Waals surface area contributed by atoms with Crippen LogP contribution in [0.2, 0.25) is 5.02 Å². The van der Waals surface area contributed by atoms with Crippen molar-refractivity contribution in [3.63, 3.8) is 0 Å². The number of nitrogens with one attached hydrogen (secondary N) is 1. The molecule has 18 heavy (non-hydrogen) atoms. The Labute approximate surface area is 110 Å². The monoisotopic (exact) mass is 274 g/mol. The maximum Gasteiger partial charge on any atom is 0.321 e. The van der Waals surface area contributed by atoms with Gasteiger partial charge in [0.15, 0.2) is 0 Å². The molecular formula is C12H16ClFN2O2. The van der Waals surface area contributed by atoms with Crippen LogP contribution in [0.25, 0.3) is 0 Å². The first kappa shape index (κ1) is 14.7. The molecule has 0 aliphatic rings. The molecule has 1 rings (SSSR count). The van der Waals surface area contributed by atoms with Crippen LogP contribution in [0.5, 0.6) is 0 Å². The lowest BCUT2D eigenvalue weighted by atomic mass is 10.3. The van der Waals surface area contributed by atoms with Crippen LogP contribution < -0.4 is 5.32 Å². The van der Waals surface area contributed by atoms with E-state index in [0.29, 0.717) is 12.2 Å². The van der Waals surface area contributed by atoms with Crippen molar-refractivity contribution in [1.29, 1.82) is 0 Å². The van der Waals surface area contributed by atoms with Crippen LogP contribution in [0.3, 0.4) is 0 Å². The molecule has 6 heteroatoms. The van der Waals surface area contributed by atoms with E-state index < -0.39 is 5.82 Å². The highest BCUT2D eigenvalue weighted by Gasteiger charge is 2.12. The van der Waals surface area contributed by atoms with Gasteiger partial charge in [-0.25, -0.2) is 9.18 Å². The van der Waals surface area contributed by atoms with Crippen molar-refractivity contribution < 1.29 is 14.3 Å². The maximum absolute atomic E-state index is 12.9. The van der Waals surface area contributed by atoms with E-state index in [-0.39, 0.29) is 24.2 Å². The summed E-state index contributed by atoms with van der Waals surface area (Å²) in [6.45, 7) is 2.64. The molecule has 0 aliphatic carbocycles. The van der Waals surface area contributed by atoms with Crippen molar-refractivity contribution >= 4 is 23.3 Å². The Kier molecular flexibility index (Phi) is 5.88.